The van der Waals surface area contributed by atoms with E-state index in [2.05, 4.69) is 32.9 Å². The van der Waals surface area contributed by atoms with Gasteiger partial charge in [0, 0.05) is 11.1 Å². The van der Waals surface area contributed by atoms with E-state index >= 15 is 0 Å². The van der Waals surface area contributed by atoms with E-state index in [1.54, 1.807) is 0 Å². The summed E-state index contributed by atoms with van der Waals surface area (Å²) in [5.41, 5.74) is 7.98. The van der Waals surface area contributed by atoms with E-state index in [1.807, 2.05) is 18.2 Å². The molecular weight excluding hydrogens is 232 g/mol. The molecular formula is C18H18O. The SMILES string of the molecule is Cc1ccc2c(c1)CCc1c(ccc(C)c1C)C2=O. The number of rotatable bonds is 0. The van der Waals surface area contributed by atoms with E-state index in [1.165, 1.54) is 27.8 Å². The monoisotopic (exact) mass is 250 g/mol. The Bertz CT molecular complexity index is 680. The van der Waals surface area contributed by atoms with Crippen LogP contribution < -0.4 is 0 Å². The number of aryl methyl sites for hydroxylation is 3. The summed E-state index contributed by atoms with van der Waals surface area (Å²) < 4.78 is 0. The van der Waals surface area contributed by atoms with Gasteiger partial charge in [0.05, 0.1) is 0 Å². The van der Waals surface area contributed by atoms with Crippen LogP contribution >= 0.6 is 0 Å². The van der Waals surface area contributed by atoms with Gasteiger partial charge >= 0.3 is 0 Å². The molecule has 1 aliphatic carbocycles. The van der Waals surface area contributed by atoms with Crippen LogP contribution in [0.2, 0.25) is 0 Å². The Balaban J connectivity index is 2.22. The molecule has 2 aromatic carbocycles. The number of ketones is 1. The van der Waals surface area contributed by atoms with Crippen molar-refractivity contribution in [3.05, 3.63) is 69.3 Å². The number of hydrogen-bond acceptors (Lipinski definition) is 1. The van der Waals surface area contributed by atoms with E-state index in [0.29, 0.717) is 0 Å². The van der Waals surface area contributed by atoms with Crippen LogP contribution in [0.5, 0.6) is 0 Å². The molecule has 0 aliphatic heterocycles. The number of benzene rings is 2. The minimum absolute atomic E-state index is 0.186. The summed E-state index contributed by atoms with van der Waals surface area (Å²) in [5, 5.41) is 0. The van der Waals surface area contributed by atoms with Crippen LogP contribution in [0.3, 0.4) is 0 Å². The predicted molar refractivity (Wildman–Crippen MR) is 77.9 cm³/mol. The van der Waals surface area contributed by atoms with E-state index in [9.17, 15) is 4.79 Å². The fraction of sp³-hybridized carbons (Fsp3) is 0.278. The molecule has 0 radical (unpaired) electrons. The van der Waals surface area contributed by atoms with Crippen LogP contribution in [0.15, 0.2) is 30.3 Å². The molecule has 0 saturated carbocycles. The molecule has 0 bridgehead atoms. The molecule has 0 heterocycles. The van der Waals surface area contributed by atoms with Crippen molar-refractivity contribution >= 4 is 5.78 Å². The maximum Gasteiger partial charge on any atom is 0.193 e. The van der Waals surface area contributed by atoms with Crippen LogP contribution in [0, 0.1) is 20.8 Å². The molecule has 0 aromatic heterocycles. The van der Waals surface area contributed by atoms with E-state index in [4.69, 9.17) is 0 Å². The summed E-state index contributed by atoms with van der Waals surface area (Å²) in [6.07, 6.45) is 1.92. The Hall–Kier alpha value is -1.89. The van der Waals surface area contributed by atoms with Gasteiger partial charge in [-0.25, -0.2) is 0 Å². The molecule has 0 saturated heterocycles. The minimum Gasteiger partial charge on any atom is -0.289 e. The van der Waals surface area contributed by atoms with Crippen molar-refractivity contribution < 1.29 is 4.79 Å². The Morgan fingerprint density at radius 3 is 2.42 bits per heavy atom. The van der Waals surface area contributed by atoms with Crippen LogP contribution in [-0.4, -0.2) is 5.78 Å². The van der Waals surface area contributed by atoms with Crippen LogP contribution in [0.1, 0.15) is 43.7 Å². The van der Waals surface area contributed by atoms with Gasteiger partial charge in [-0.2, -0.15) is 0 Å². The van der Waals surface area contributed by atoms with Gasteiger partial charge in [0.15, 0.2) is 5.78 Å². The normalized spacial score (nSPS) is 13.7. The second-order valence-electron chi connectivity index (χ2n) is 5.52. The molecule has 0 spiro atoms. The fourth-order valence-electron chi connectivity index (χ4n) is 2.96. The van der Waals surface area contributed by atoms with Gasteiger partial charge in [-0.3, -0.25) is 4.79 Å². The number of hydrogen-bond donors (Lipinski definition) is 0. The first-order valence-corrected chi connectivity index (χ1v) is 6.81. The fourth-order valence-corrected chi connectivity index (χ4v) is 2.96. The molecule has 0 fully saturated rings. The highest BCUT2D eigenvalue weighted by Crippen LogP contribution is 2.28. The Morgan fingerprint density at radius 1 is 0.895 bits per heavy atom. The third-order valence-electron chi connectivity index (χ3n) is 4.26. The quantitative estimate of drug-likeness (QED) is 0.692. The average molecular weight is 250 g/mol. The van der Waals surface area contributed by atoms with Gasteiger partial charge in [-0.1, -0.05) is 35.9 Å². The zero-order chi connectivity index (χ0) is 13.6. The third-order valence-corrected chi connectivity index (χ3v) is 4.26. The zero-order valence-electron chi connectivity index (χ0n) is 11.7. The van der Waals surface area contributed by atoms with Crippen molar-refractivity contribution in [1.29, 1.82) is 0 Å². The summed E-state index contributed by atoms with van der Waals surface area (Å²) >= 11 is 0. The van der Waals surface area contributed by atoms with Gasteiger partial charge in [0.25, 0.3) is 0 Å². The molecule has 96 valence electrons. The van der Waals surface area contributed by atoms with Crippen LogP contribution in [-0.2, 0) is 12.8 Å². The van der Waals surface area contributed by atoms with Crippen molar-refractivity contribution in [2.45, 2.75) is 33.6 Å². The summed E-state index contributed by atoms with van der Waals surface area (Å²) in [5.74, 6) is 0.186. The maximum atomic E-state index is 12.7. The largest absolute Gasteiger partial charge is 0.289 e. The summed E-state index contributed by atoms with van der Waals surface area (Å²) in [6.45, 7) is 6.32. The smallest absolute Gasteiger partial charge is 0.193 e. The van der Waals surface area contributed by atoms with Crippen LogP contribution in [0.25, 0.3) is 0 Å². The van der Waals surface area contributed by atoms with Gasteiger partial charge < -0.3 is 0 Å². The van der Waals surface area contributed by atoms with Crippen molar-refractivity contribution in [3.8, 4) is 0 Å². The van der Waals surface area contributed by atoms with E-state index in [-0.39, 0.29) is 5.78 Å². The van der Waals surface area contributed by atoms with Crippen LogP contribution in [0.4, 0.5) is 0 Å². The molecule has 1 heteroatoms. The predicted octanol–water partition coefficient (Wildman–Crippen LogP) is 3.94. The van der Waals surface area contributed by atoms with Crippen molar-refractivity contribution in [3.63, 3.8) is 0 Å². The Morgan fingerprint density at radius 2 is 1.63 bits per heavy atom. The molecule has 0 N–H and O–H groups in total. The topological polar surface area (TPSA) is 17.1 Å². The van der Waals surface area contributed by atoms with Gasteiger partial charge in [-0.05, 0) is 55.9 Å². The first kappa shape index (κ1) is 12.2. The molecule has 1 aliphatic rings. The highest BCUT2D eigenvalue weighted by Gasteiger charge is 2.22. The van der Waals surface area contributed by atoms with Crippen molar-refractivity contribution in [1.82, 2.24) is 0 Å². The number of carbonyl (C=O) groups excluding carboxylic acids is 1. The highest BCUT2D eigenvalue weighted by atomic mass is 16.1. The molecule has 2 aromatic rings. The first-order chi connectivity index (χ1) is 9.08. The van der Waals surface area contributed by atoms with Gasteiger partial charge in [0.1, 0.15) is 0 Å². The third kappa shape index (κ3) is 1.90. The second kappa shape index (κ2) is 4.34. The first-order valence-electron chi connectivity index (χ1n) is 6.81. The lowest BCUT2D eigenvalue weighted by molar-refractivity contribution is 0.103. The van der Waals surface area contributed by atoms with Crippen molar-refractivity contribution in [2.75, 3.05) is 0 Å². The van der Waals surface area contributed by atoms with Gasteiger partial charge in [0.2, 0.25) is 0 Å². The molecule has 3 rings (SSSR count). The lowest BCUT2D eigenvalue weighted by atomic mass is 9.93. The lowest BCUT2D eigenvalue weighted by Gasteiger charge is -2.11. The summed E-state index contributed by atoms with van der Waals surface area (Å²) in [4.78, 5) is 12.7. The van der Waals surface area contributed by atoms with E-state index in [0.717, 1.165) is 24.0 Å². The average Bonchev–Trinajstić information content (AvgIpc) is 2.52. The Kier molecular flexibility index (Phi) is 2.78. The molecule has 0 unspecified atom stereocenters. The zero-order valence-corrected chi connectivity index (χ0v) is 11.7. The summed E-state index contributed by atoms with van der Waals surface area (Å²) in [7, 11) is 0. The summed E-state index contributed by atoms with van der Waals surface area (Å²) in [6, 6.07) is 10.2. The maximum absolute atomic E-state index is 12.7. The number of fused-ring (bicyclic) bond motifs is 2. The molecule has 1 nitrogen and oxygen atoms in total. The highest BCUT2D eigenvalue weighted by molar-refractivity contribution is 6.11. The Labute approximate surface area is 114 Å². The molecule has 0 atom stereocenters. The number of carbonyl (C=O) groups is 1. The second-order valence-corrected chi connectivity index (χ2v) is 5.52. The standard InChI is InChI=1S/C18H18O/c1-11-4-7-16-14(10-11)6-9-15-13(3)12(2)5-8-17(15)18(16)19/h4-5,7-8,10H,6,9H2,1-3H3. The van der Waals surface area contributed by atoms with E-state index < -0.39 is 0 Å². The van der Waals surface area contributed by atoms with Crippen molar-refractivity contribution in [2.24, 2.45) is 0 Å². The minimum atomic E-state index is 0.186. The molecule has 0 amide bonds. The molecule has 19 heavy (non-hydrogen) atoms. The lowest BCUT2D eigenvalue weighted by Crippen LogP contribution is -2.06. The van der Waals surface area contributed by atoms with Gasteiger partial charge in [-0.15, -0.1) is 0 Å².